The fourth-order valence-electron chi connectivity index (χ4n) is 4.27. The molecule has 9 heteroatoms. The van der Waals surface area contributed by atoms with E-state index in [9.17, 15) is 9.59 Å². The van der Waals surface area contributed by atoms with Gasteiger partial charge in [0.15, 0.2) is 5.75 Å². The van der Waals surface area contributed by atoms with Gasteiger partial charge in [-0.15, -0.1) is 0 Å². The molecule has 1 saturated heterocycles. The Bertz CT molecular complexity index is 1030. The summed E-state index contributed by atoms with van der Waals surface area (Å²) in [5.41, 5.74) is 6.70. The lowest BCUT2D eigenvalue weighted by Crippen LogP contribution is -2.44. The van der Waals surface area contributed by atoms with Crippen molar-refractivity contribution in [2.45, 2.75) is 38.3 Å². The smallest absolute Gasteiger partial charge is 0.350 e. The maximum absolute atomic E-state index is 12.7. The normalized spacial score (nSPS) is 20.4. The zero-order valence-corrected chi connectivity index (χ0v) is 17.0. The molecule has 2 aromatic rings. The van der Waals surface area contributed by atoms with Crippen molar-refractivity contribution in [1.29, 1.82) is 0 Å². The Labute approximate surface area is 168 Å². The zero-order valence-electron chi connectivity index (χ0n) is 17.0. The molecule has 4 rings (SSSR count). The van der Waals surface area contributed by atoms with E-state index in [1.807, 2.05) is 13.0 Å². The van der Waals surface area contributed by atoms with Gasteiger partial charge in [-0.3, -0.25) is 9.36 Å². The van der Waals surface area contributed by atoms with E-state index in [-0.39, 0.29) is 12.1 Å². The van der Waals surface area contributed by atoms with Gasteiger partial charge in [0, 0.05) is 31.8 Å². The van der Waals surface area contributed by atoms with E-state index in [0.717, 1.165) is 38.0 Å². The number of hydrogen-bond acceptors (Lipinski definition) is 7. The Morgan fingerprint density at radius 3 is 2.66 bits per heavy atom. The van der Waals surface area contributed by atoms with E-state index in [1.54, 1.807) is 17.7 Å². The van der Waals surface area contributed by atoms with E-state index in [2.05, 4.69) is 4.90 Å². The first-order valence-corrected chi connectivity index (χ1v) is 10.2. The highest BCUT2D eigenvalue weighted by Crippen LogP contribution is 2.42. The molecule has 29 heavy (non-hydrogen) atoms. The Morgan fingerprint density at radius 1 is 1.24 bits per heavy atom. The van der Waals surface area contributed by atoms with Gasteiger partial charge >= 0.3 is 5.69 Å². The minimum absolute atomic E-state index is 0.0273. The molecule has 2 atom stereocenters. The van der Waals surface area contributed by atoms with E-state index in [4.69, 9.17) is 21.1 Å². The van der Waals surface area contributed by atoms with E-state index >= 15 is 0 Å². The van der Waals surface area contributed by atoms with Crippen molar-refractivity contribution in [3.8, 4) is 5.75 Å². The van der Waals surface area contributed by atoms with Crippen LogP contribution in [0.4, 0.5) is 5.69 Å². The topological polar surface area (TPSA) is 118 Å². The molecule has 1 saturated carbocycles. The van der Waals surface area contributed by atoms with Gasteiger partial charge in [0.2, 0.25) is 0 Å². The molecule has 2 heterocycles. The molecule has 9 nitrogen and oxygen atoms in total. The zero-order chi connectivity index (χ0) is 20.7. The molecule has 0 radical (unpaired) electrons. The molecule has 2 aliphatic rings. The van der Waals surface area contributed by atoms with E-state index < -0.39 is 11.2 Å². The third-order valence-electron chi connectivity index (χ3n) is 6.01. The summed E-state index contributed by atoms with van der Waals surface area (Å²) in [6, 6.07) is 3.64. The van der Waals surface area contributed by atoms with Crippen LogP contribution in [0.25, 0.3) is 10.9 Å². The molecule has 4 N–H and O–H groups in total. The second-order valence-electron chi connectivity index (χ2n) is 7.89. The molecule has 1 aliphatic heterocycles. The summed E-state index contributed by atoms with van der Waals surface area (Å²) in [6.07, 6.45) is 2.73. The summed E-state index contributed by atoms with van der Waals surface area (Å²) in [4.78, 5) is 27.6. The molecule has 1 aromatic carbocycles. The SMILES string of the molecule is CCOC[C@H](N)[C@@H]1CCN(c2ccc3c(=O)n(N)c(=O)n(C4CC4)c3c2OC)C1. The minimum Gasteiger partial charge on any atom is -0.492 e. The summed E-state index contributed by atoms with van der Waals surface area (Å²) < 4.78 is 13.5. The van der Waals surface area contributed by atoms with Gasteiger partial charge in [-0.1, -0.05) is 0 Å². The highest BCUT2D eigenvalue weighted by molar-refractivity contribution is 5.90. The van der Waals surface area contributed by atoms with Crippen molar-refractivity contribution >= 4 is 16.6 Å². The number of nitrogens with zero attached hydrogens (tertiary/aromatic N) is 3. The van der Waals surface area contributed by atoms with Gasteiger partial charge in [0.25, 0.3) is 5.56 Å². The van der Waals surface area contributed by atoms with E-state index in [1.165, 1.54) is 0 Å². The first-order chi connectivity index (χ1) is 14.0. The number of methoxy groups -OCH3 is 1. The van der Waals surface area contributed by atoms with Crippen LogP contribution >= 0.6 is 0 Å². The quantitative estimate of drug-likeness (QED) is 0.643. The standard InChI is InChI=1S/C20H29N5O4/c1-3-29-11-15(21)12-8-9-23(10-12)16-7-6-14-17(18(16)28-2)24(13-4-5-13)20(27)25(22)19(14)26/h6-7,12-13,15H,3-5,8-11,21-22H2,1-2H3/t12-,15+/m1/s1. The van der Waals surface area contributed by atoms with Gasteiger partial charge in [0.05, 0.1) is 24.8 Å². The summed E-state index contributed by atoms with van der Waals surface area (Å²) >= 11 is 0. The lowest BCUT2D eigenvalue weighted by molar-refractivity contribution is 0.119. The van der Waals surface area contributed by atoms with Gasteiger partial charge in [-0.25, -0.2) is 4.79 Å². The second kappa shape index (κ2) is 7.72. The predicted molar refractivity (Wildman–Crippen MR) is 112 cm³/mol. The highest BCUT2D eigenvalue weighted by atomic mass is 16.5. The number of anilines is 1. The molecule has 0 unspecified atom stereocenters. The molecule has 0 bridgehead atoms. The Hall–Kier alpha value is -2.52. The van der Waals surface area contributed by atoms with Gasteiger partial charge in [-0.2, -0.15) is 4.68 Å². The Morgan fingerprint density at radius 2 is 2.00 bits per heavy atom. The lowest BCUT2D eigenvalue weighted by Gasteiger charge is -2.25. The molecule has 0 spiro atoms. The van der Waals surface area contributed by atoms with E-state index in [0.29, 0.717) is 40.5 Å². The number of nitrogen functional groups attached to an aromatic ring is 1. The number of ether oxygens (including phenoxy) is 2. The van der Waals surface area contributed by atoms with Crippen molar-refractivity contribution in [3.05, 3.63) is 33.0 Å². The summed E-state index contributed by atoms with van der Waals surface area (Å²) in [7, 11) is 1.57. The molecular weight excluding hydrogens is 374 g/mol. The molecule has 1 aliphatic carbocycles. The average Bonchev–Trinajstić information content (AvgIpc) is 3.44. The number of nitrogens with two attached hydrogens (primary N) is 2. The number of hydrogen-bond donors (Lipinski definition) is 2. The maximum atomic E-state index is 12.7. The second-order valence-corrected chi connectivity index (χ2v) is 7.89. The van der Waals surface area contributed by atoms with Crippen LogP contribution in [0, 0.1) is 5.92 Å². The number of rotatable bonds is 7. The van der Waals surface area contributed by atoms with Crippen LogP contribution in [-0.4, -0.2) is 48.7 Å². The maximum Gasteiger partial charge on any atom is 0.350 e. The fraction of sp³-hybridized carbons (Fsp3) is 0.600. The van der Waals surface area contributed by atoms with Crippen molar-refractivity contribution in [2.24, 2.45) is 11.7 Å². The van der Waals surface area contributed by atoms with Gasteiger partial charge < -0.3 is 25.9 Å². The highest BCUT2D eigenvalue weighted by Gasteiger charge is 2.33. The van der Waals surface area contributed by atoms with Gasteiger partial charge in [0.1, 0.15) is 5.52 Å². The summed E-state index contributed by atoms with van der Waals surface area (Å²) in [5.74, 6) is 6.61. The van der Waals surface area contributed by atoms with Crippen molar-refractivity contribution in [1.82, 2.24) is 9.24 Å². The van der Waals surface area contributed by atoms with Crippen molar-refractivity contribution in [3.63, 3.8) is 0 Å². The molecular formula is C20H29N5O4. The molecule has 158 valence electrons. The largest absolute Gasteiger partial charge is 0.492 e. The summed E-state index contributed by atoms with van der Waals surface area (Å²) in [5, 5.41) is 0.392. The lowest BCUT2D eigenvalue weighted by atomic mass is 10.0. The van der Waals surface area contributed by atoms with Crippen LogP contribution in [0.2, 0.25) is 0 Å². The first kappa shape index (κ1) is 19.8. The third kappa shape index (κ3) is 3.38. The fourth-order valence-corrected chi connectivity index (χ4v) is 4.27. The predicted octanol–water partition coefficient (Wildman–Crippen LogP) is 0.411. The van der Waals surface area contributed by atoms with Crippen LogP contribution in [0.3, 0.4) is 0 Å². The molecule has 2 fully saturated rings. The number of benzene rings is 1. The summed E-state index contributed by atoms with van der Waals surface area (Å²) in [6.45, 7) is 4.76. The van der Waals surface area contributed by atoms with Crippen molar-refractivity contribution in [2.75, 3.05) is 44.2 Å². The van der Waals surface area contributed by atoms with Crippen LogP contribution in [0.1, 0.15) is 32.2 Å². The van der Waals surface area contributed by atoms with Crippen LogP contribution in [0.15, 0.2) is 21.7 Å². The monoisotopic (exact) mass is 403 g/mol. The first-order valence-electron chi connectivity index (χ1n) is 10.2. The third-order valence-corrected chi connectivity index (χ3v) is 6.01. The van der Waals surface area contributed by atoms with Crippen molar-refractivity contribution < 1.29 is 9.47 Å². The minimum atomic E-state index is -0.509. The van der Waals surface area contributed by atoms with Crippen LogP contribution in [0.5, 0.6) is 5.75 Å². The molecule has 0 amide bonds. The number of aromatic nitrogens is 2. The number of fused-ring (bicyclic) bond motifs is 1. The van der Waals surface area contributed by atoms with Crippen LogP contribution < -0.4 is 32.5 Å². The Balaban J connectivity index is 1.77. The van der Waals surface area contributed by atoms with Crippen LogP contribution in [-0.2, 0) is 4.74 Å². The Kier molecular flexibility index (Phi) is 5.26. The average molecular weight is 403 g/mol. The van der Waals surface area contributed by atoms with Gasteiger partial charge in [-0.05, 0) is 44.2 Å². The molecule has 1 aromatic heterocycles.